The van der Waals surface area contributed by atoms with Crippen LogP contribution in [0.4, 0.5) is 0 Å². The highest BCUT2D eigenvalue weighted by atomic mass is 16.3. The summed E-state index contributed by atoms with van der Waals surface area (Å²) in [7, 11) is 0. The molecule has 0 bridgehead atoms. The third-order valence-corrected chi connectivity index (χ3v) is 2.80. The summed E-state index contributed by atoms with van der Waals surface area (Å²) in [6, 6.07) is 0.345. The largest absolute Gasteiger partial charge is 0.395 e. The van der Waals surface area contributed by atoms with Crippen molar-refractivity contribution in [3.05, 3.63) is 17.5 Å². The second-order valence-electron chi connectivity index (χ2n) is 4.37. The smallest absolute Gasteiger partial charge is 0.0587 e. The van der Waals surface area contributed by atoms with Crippen LogP contribution in [0.1, 0.15) is 38.1 Å². The molecule has 0 aliphatic carbocycles. The number of nitrogens with zero attached hydrogens (tertiary/aromatic N) is 1. The Morgan fingerprint density at radius 3 is 2.53 bits per heavy atom. The average molecular weight is 211 g/mol. The molecule has 0 aliphatic heterocycles. The number of aliphatic hydroxyl groups excluding tert-OH is 1. The number of hydrogen-bond acceptors (Lipinski definition) is 3. The molecule has 1 rings (SSSR count). The molecule has 0 aromatic carbocycles. The summed E-state index contributed by atoms with van der Waals surface area (Å²) in [6.07, 6.45) is 1.84. The van der Waals surface area contributed by atoms with Gasteiger partial charge in [-0.05, 0) is 19.8 Å². The zero-order chi connectivity index (χ0) is 11.4. The number of hydrogen-bond donors (Lipinski definition) is 3. The summed E-state index contributed by atoms with van der Waals surface area (Å²) in [5.41, 5.74) is 2.24. The van der Waals surface area contributed by atoms with Crippen molar-refractivity contribution in [1.82, 2.24) is 15.5 Å². The van der Waals surface area contributed by atoms with Gasteiger partial charge < -0.3 is 10.4 Å². The van der Waals surface area contributed by atoms with Gasteiger partial charge in [0.05, 0.1) is 12.8 Å². The maximum atomic E-state index is 9.23. The Labute approximate surface area is 91.1 Å². The SMILES string of the molecule is Cc1[nH]ncc1C(C)N[C@H](CO)C(C)C. The van der Waals surface area contributed by atoms with Crippen LogP contribution >= 0.6 is 0 Å². The summed E-state index contributed by atoms with van der Waals surface area (Å²) < 4.78 is 0. The molecule has 1 aromatic heterocycles. The highest BCUT2D eigenvalue weighted by Gasteiger charge is 2.17. The molecule has 4 nitrogen and oxygen atoms in total. The van der Waals surface area contributed by atoms with Crippen LogP contribution in [0.15, 0.2) is 6.20 Å². The Morgan fingerprint density at radius 1 is 1.47 bits per heavy atom. The Hall–Kier alpha value is -0.870. The molecule has 0 radical (unpaired) electrons. The Kier molecular flexibility index (Phi) is 4.29. The second-order valence-corrected chi connectivity index (χ2v) is 4.37. The predicted molar refractivity (Wildman–Crippen MR) is 60.6 cm³/mol. The van der Waals surface area contributed by atoms with Gasteiger partial charge in [0.2, 0.25) is 0 Å². The summed E-state index contributed by atoms with van der Waals surface area (Å²) in [6.45, 7) is 8.46. The van der Waals surface area contributed by atoms with Crippen LogP contribution in [-0.4, -0.2) is 28.0 Å². The Bertz CT molecular complexity index is 296. The van der Waals surface area contributed by atoms with E-state index >= 15 is 0 Å². The topological polar surface area (TPSA) is 60.9 Å². The van der Waals surface area contributed by atoms with Crippen LogP contribution in [0.3, 0.4) is 0 Å². The first-order chi connectivity index (χ1) is 7.06. The zero-order valence-corrected chi connectivity index (χ0v) is 9.91. The van der Waals surface area contributed by atoms with Gasteiger partial charge in [0.15, 0.2) is 0 Å². The molecule has 4 heteroatoms. The molecule has 1 heterocycles. The third kappa shape index (κ3) is 3.04. The minimum Gasteiger partial charge on any atom is -0.395 e. The molecule has 2 atom stereocenters. The van der Waals surface area contributed by atoms with Crippen LogP contribution in [0, 0.1) is 12.8 Å². The van der Waals surface area contributed by atoms with E-state index in [1.165, 1.54) is 0 Å². The lowest BCUT2D eigenvalue weighted by Gasteiger charge is -2.24. The highest BCUT2D eigenvalue weighted by molar-refractivity contribution is 5.18. The maximum Gasteiger partial charge on any atom is 0.0587 e. The standard InChI is InChI=1S/C11H21N3O/c1-7(2)11(6-15)13-8(3)10-5-12-14-9(10)4/h5,7-8,11,13,15H,6H2,1-4H3,(H,12,14)/t8?,11-/m1/s1. The van der Waals surface area contributed by atoms with E-state index in [4.69, 9.17) is 0 Å². The molecule has 1 aromatic rings. The fourth-order valence-corrected chi connectivity index (χ4v) is 1.66. The van der Waals surface area contributed by atoms with Crippen molar-refractivity contribution in [2.75, 3.05) is 6.61 Å². The van der Waals surface area contributed by atoms with Gasteiger partial charge in [-0.3, -0.25) is 5.10 Å². The van der Waals surface area contributed by atoms with Crippen molar-refractivity contribution in [2.45, 2.75) is 39.8 Å². The number of nitrogens with one attached hydrogen (secondary N) is 2. The molecule has 0 aliphatic rings. The van der Waals surface area contributed by atoms with Crippen LogP contribution in [0.25, 0.3) is 0 Å². The minimum atomic E-state index is 0.134. The molecule has 86 valence electrons. The van der Waals surface area contributed by atoms with E-state index in [2.05, 4.69) is 36.3 Å². The molecule has 15 heavy (non-hydrogen) atoms. The van der Waals surface area contributed by atoms with E-state index in [1.54, 1.807) is 0 Å². The van der Waals surface area contributed by atoms with E-state index in [0.717, 1.165) is 11.3 Å². The van der Waals surface area contributed by atoms with Crippen molar-refractivity contribution < 1.29 is 5.11 Å². The van der Waals surface area contributed by atoms with Gasteiger partial charge in [-0.1, -0.05) is 13.8 Å². The normalized spacial score (nSPS) is 15.6. The van der Waals surface area contributed by atoms with E-state index in [0.29, 0.717) is 5.92 Å². The van der Waals surface area contributed by atoms with Gasteiger partial charge in [-0.25, -0.2) is 0 Å². The average Bonchev–Trinajstić information content (AvgIpc) is 2.60. The third-order valence-electron chi connectivity index (χ3n) is 2.80. The lowest BCUT2D eigenvalue weighted by Crippen LogP contribution is -2.38. The van der Waals surface area contributed by atoms with Gasteiger partial charge in [-0.2, -0.15) is 5.10 Å². The molecule has 0 spiro atoms. The van der Waals surface area contributed by atoms with E-state index < -0.39 is 0 Å². The summed E-state index contributed by atoms with van der Waals surface area (Å²) in [5, 5.41) is 19.5. The molecular formula is C11H21N3O. The number of rotatable bonds is 5. The Balaban J connectivity index is 2.62. The minimum absolute atomic E-state index is 0.134. The summed E-state index contributed by atoms with van der Waals surface area (Å²) >= 11 is 0. The zero-order valence-electron chi connectivity index (χ0n) is 9.91. The molecule has 0 fully saturated rings. The molecule has 0 saturated carbocycles. The van der Waals surface area contributed by atoms with Crippen molar-refractivity contribution in [3.8, 4) is 0 Å². The number of H-pyrrole nitrogens is 1. The highest BCUT2D eigenvalue weighted by Crippen LogP contribution is 2.16. The fraction of sp³-hybridized carbons (Fsp3) is 0.727. The fourth-order valence-electron chi connectivity index (χ4n) is 1.66. The van der Waals surface area contributed by atoms with Crippen molar-refractivity contribution in [2.24, 2.45) is 5.92 Å². The first kappa shape index (κ1) is 12.2. The predicted octanol–water partition coefficient (Wildman–Crippen LogP) is 1.39. The molecular weight excluding hydrogens is 190 g/mol. The number of aryl methyl sites for hydroxylation is 1. The number of aromatic nitrogens is 2. The molecule has 0 amide bonds. The monoisotopic (exact) mass is 211 g/mol. The number of aromatic amines is 1. The molecule has 1 unspecified atom stereocenters. The van der Waals surface area contributed by atoms with Crippen LogP contribution < -0.4 is 5.32 Å². The van der Waals surface area contributed by atoms with Gasteiger partial charge in [0, 0.05) is 23.3 Å². The van der Waals surface area contributed by atoms with E-state index in [9.17, 15) is 5.11 Å². The van der Waals surface area contributed by atoms with Gasteiger partial charge >= 0.3 is 0 Å². The molecule has 3 N–H and O–H groups in total. The van der Waals surface area contributed by atoms with Crippen molar-refractivity contribution >= 4 is 0 Å². The summed E-state index contributed by atoms with van der Waals surface area (Å²) in [4.78, 5) is 0. The number of aliphatic hydroxyl groups is 1. The van der Waals surface area contributed by atoms with E-state index in [1.807, 2.05) is 13.1 Å². The maximum absolute atomic E-state index is 9.23. The van der Waals surface area contributed by atoms with Gasteiger partial charge in [0.1, 0.15) is 0 Å². The van der Waals surface area contributed by atoms with Crippen LogP contribution in [0.5, 0.6) is 0 Å². The second kappa shape index (κ2) is 5.28. The molecule has 0 saturated heterocycles. The first-order valence-electron chi connectivity index (χ1n) is 5.43. The first-order valence-corrected chi connectivity index (χ1v) is 5.43. The summed E-state index contributed by atoms with van der Waals surface area (Å²) in [5.74, 6) is 0.421. The van der Waals surface area contributed by atoms with E-state index in [-0.39, 0.29) is 18.7 Å². The van der Waals surface area contributed by atoms with Crippen molar-refractivity contribution in [1.29, 1.82) is 0 Å². The van der Waals surface area contributed by atoms with Gasteiger partial charge in [0.25, 0.3) is 0 Å². The van der Waals surface area contributed by atoms with Crippen LogP contribution in [0.2, 0.25) is 0 Å². The lowest BCUT2D eigenvalue weighted by molar-refractivity contribution is 0.201. The van der Waals surface area contributed by atoms with Gasteiger partial charge in [-0.15, -0.1) is 0 Å². The lowest BCUT2D eigenvalue weighted by atomic mass is 10.0. The van der Waals surface area contributed by atoms with Crippen molar-refractivity contribution in [3.63, 3.8) is 0 Å². The Morgan fingerprint density at radius 2 is 2.13 bits per heavy atom. The quantitative estimate of drug-likeness (QED) is 0.689. The van der Waals surface area contributed by atoms with Crippen LogP contribution in [-0.2, 0) is 0 Å².